The lowest BCUT2D eigenvalue weighted by molar-refractivity contribution is 0.0697. The smallest absolute Gasteiger partial charge is 0.336 e. The highest BCUT2D eigenvalue weighted by atomic mass is 32.2. The molecule has 0 spiro atoms. The fourth-order valence-corrected chi connectivity index (χ4v) is 4.99. The molecule has 0 saturated carbocycles. The topological polar surface area (TPSA) is 74.7 Å². The van der Waals surface area contributed by atoms with Crippen molar-refractivity contribution >= 4 is 16.0 Å². The molecule has 1 atom stereocenters. The Morgan fingerprint density at radius 3 is 2.40 bits per heavy atom. The number of piperidine rings is 1. The Morgan fingerprint density at radius 2 is 1.76 bits per heavy atom. The van der Waals surface area contributed by atoms with Crippen LogP contribution >= 0.6 is 0 Å². The molecular formula is C19H21NO4S. The van der Waals surface area contributed by atoms with Gasteiger partial charge in [-0.05, 0) is 49.1 Å². The minimum atomic E-state index is -3.52. The van der Waals surface area contributed by atoms with E-state index in [0.29, 0.717) is 17.7 Å². The molecule has 1 fully saturated rings. The van der Waals surface area contributed by atoms with Crippen molar-refractivity contribution in [2.75, 3.05) is 6.54 Å². The minimum absolute atomic E-state index is 0.00571. The van der Waals surface area contributed by atoms with Gasteiger partial charge in [0.05, 0.1) is 10.5 Å². The molecule has 0 aliphatic carbocycles. The number of rotatable bonds is 4. The van der Waals surface area contributed by atoms with Crippen LogP contribution in [0.15, 0.2) is 53.4 Å². The standard InChI is InChI=1S/C19H21NO4S/c1-14-6-4-5-13-20(14)25(23,24)16-11-9-15(10-12-16)17-7-2-3-8-18(17)19(21)22/h2-3,7-12,14H,4-6,13H2,1H3,(H,21,22). The Balaban J connectivity index is 1.94. The lowest BCUT2D eigenvalue weighted by atomic mass is 10.00. The number of hydrogen-bond donors (Lipinski definition) is 1. The van der Waals surface area contributed by atoms with Gasteiger partial charge in [0.25, 0.3) is 0 Å². The van der Waals surface area contributed by atoms with Gasteiger partial charge in [0.15, 0.2) is 0 Å². The van der Waals surface area contributed by atoms with Crippen molar-refractivity contribution in [2.45, 2.75) is 37.1 Å². The lowest BCUT2D eigenvalue weighted by Crippen LogP contribution is -2.41. The Kier molecular flexibility index (Phi) is 4.92. The summed E-state index contributed by atoms with van der Waals surface area (Å²) < 4.78 is 27.3. The molecule has 0 aromatic heterocycles. The van der Waals surface area contributed by atoms with E-state index in [1.54, 1.807) is 46.8 Å². The number of benzene rings is 2. The van der Waals surface area contributed by atoms with Crippen LogP contribution in [0, 0.1) is 0 Å². The van der Waals surface area contributed by atoms with Gasteiger partial charge in [0.2, 0.25) is 10.0 Å². The van der Waals surface area contributed by atoms with E-state index in [2.05, 4.69) is 0 Å². The molecule has 1 saturated heterocycles. The summed E-state index contributed by atoms with van der Waals surface area (Å²) in [5, 5.41) is 9.31. The average molecular weight is 359 g/mol. The molecule has 0 bridgehead atoms. The Labute approximate surface area is 148 Å². The van der Waals surface area contributed by atoms with E-state index in [9.17, 15) is 18.3 Å². The van der Waals surface area contributed by atoms with Crippen molar-refractivity contribution < 1.29 is 18.3 Å². The van der Waals surface area contributed by atoms with Crippen LogP contribution in [0.25, 0.3) is 11.1 Å². The van der Waals surface area contributed by atoms with Gasteiger partial charge in [-0.2, -0.15) is 4.31 Å². The highest BCUT2D eigenvalue weighted by Gasteiger charge is 2.30. The zero-order valence-electron chi connectivity index (χ0n) is 14.1. The van der Waals surface area contributed by atoms with Gasteiger partial charge in [-0.1, -0.05) is 36.8 Å². The molecule has 0 amide bonds. The zero-order chi connectivity index (χ0) is 18.0. The van der Waals surface area contributed by atoms with Crippen molar-refractivity contribution in [1.82, 2.24) is 4.31 Å². The molecule has 1 aliphatic rings. The lowest BCUT2D eigenvalue weighted by Gasteiger charge is -2.32. The maximum Gasteiger partial charge on any atom is 0.336 e. The minimum Gasteiger partial charge on any atom is -0.478 e. The SMILES string of the molecule is CC1CCCCN1S(=O)(=O)c1ccc(-c2ccccc2C(=O)O)cc1. The van der Waals surface area contributed by atoms with Gasteiger partial charge in [0.1, 0.15) is 0 Å². The largest absolute Gasteiger partial charge is 0.478 e. The van der Waals surface area contributed by atoms with E-state index in [1.165, 1.54) is 6.07 Å². The third-order valence-electron chi connectivity index (χ3n) is 4.67. The molecule has 1 unspecified atom stereocenters. The van der Waals surface area contributed by atoms with Crippen LogP contribution in [0.5, 0.6) is 0 Å². The normalized spacial score (nSPS) is 18.8. The maximum absolute atomic E-state index is 12.9. The summed E-state index contributed by atoms with van der Waals surface area (Å²) in [7, 11) is -3.52. The number of carbonyl (C=O) groups is 1. The molecular weight excluding hydrogens is 338 g/mol. The molecule has 132 valence electrons. The van der Waals surface area contributed by atoms with E-state index < -0.39 is 16.0 Å². The van der Waals surface area contributed by atoms with Crippen LogP contribution in [0.2, 0.25) is 0 Å². The third kappa shape index (κ3) is 3.45. The van der Waals surface area contributed by atoms with Crippen LogP contribution in [0.3, 0.4) is 0 Å². The summed E-state index contributed by atoms with van der Waals surface area (Å²) in [4.78, 5) is 11.6. The second kappa shape index (κ2) is 6.98. The first kappa shape index (κ1) is 17.6. The molecule has 5 nitrogen and oxygen atoms in total. The summed E-state index contributed by atoms with van der Waals surface area (Å²) in [5.74, 6) is -1.01. The number of sulfonamides is 1. The third-order valence-corrected chi connectivity index (χ3v) is 6.70. The fourth-order valence-electron chi connectivity index (χ4n) is 3.29. The Hall–Kier alpha value is -2.18. The van der Waals surface area contributed by atoms with Crippen molar-refractivity contribution in [1.29, 1.82) is 0 Å². The van der Waals surface area contributed by atoms with Gasteiger partial charge in [-0.3, -0.25) is 0 Å². The van der Waals surface area contributed by atoms with Gasteiger partial charge >= 0.3 is 5.97 Å². The number of aromatic carboxylic acids is 1. The number of hydrogen-bond acceptors (Lipinski definition) is 3. The van der Waals surface area contributed by atoms with Crippen LogP contribution in [-0.2, 0) is 10.0 Å². The van der Waals surface area contributed by atoms with Crippen LogP contribution in [0.1, 0.15) is 36.5 Å². The highest BCUT2D eigenvalue weighted by molar-refractivity contribution is 7.89. The second-order valence-electron chi connectivity index (χ2n) is 6.34. The molecule has 3 rings (SSSR count). The Morgan fingerprint density at radius 1 is 1.08 bits per heavy atom. The number of carboxylic acid groups (broad SMARTS) is 1. The van der Waals surface area contributed by atoms with E-state index in [1.807, 2.05) is 6.92 Å². The second-order valence-corrected chi connectivity index (χ2v) is 8.23. The van der Waals surface area contributed by atoms with Crippen molar-refractivity contribution in [3.63, 3.8) is 0 Å². The number of nitrogens with zero attached hydrogens (tertiary/aromatic N) is 1. The van der Waals surface area contributed by atoms with Crippen molar-refractivity contribution in [3.8, 4) is 11.1 Å². The van der Waals surface area contributed by atoms with Gasteiger partial charge in [-0.15, -0.1) is 0 Å². The molecule has 1 N–H and O–H groups in total. The van der Waals surface area contributed by atoms with Crippen LogP contribution in [-0.4, -0.2) is 36.4 Å². The van der Waals surface area contributed by atoms with E-state index in [-0.39, 0.29) is 16.5 Å². The summed E-state index contributed by atoms with van der Waals surface area (Å²) in [6.07, 6.45) is 2.81. The quantitative estimate of drug-likeness (QED) is 0.905. The predicted molar refractivity (Wildman–Crippen MR) is 96.0 cm³/mol. The fraction of sp³-hybridized carbons (Fsp3) is 0.316. The van der Waals surface area contributed by atoms with Gasteiger partial charge < -0.3 is 5.11 Å². The molecule has 2 aromatic rings. The maximum atomic E-state index is 12.9. The van der Waals surface area contributed by atoms with Crippen LogP contribution in [0.4, 0.5) is 0 Å². The molecule has 1 aliphatic heterocycles. The first-order valence-corrected chi connectivity index (χ1v) is 9.80. The summed E-state index contributed by atoms with van der Waals surface area (Å²) >= 11 is 0. The van der Waals surface area contributed by atoms with E-state index in [4.69, 9.17) is 0 Å². The number of carboxylic acids is 1. The zero-order valence-corrected chi connectivity index (χ0v) is 14.9. The Bertz CT molecular complexity index is 875. The van der Waals surface area contributed by atoms with E-state index >= 15 is 0 Å². The van der Waals surface area contributed by atoms with E-state index in [0.717, 1.165) is 19.3 Å². The molecule has 25 heavy (non-hydrogen) atoms. The predicted octanol–water partition coefficient (Wildman–Crippen LogP) is 3.61. The van der Waals surface area contributed by atoms with Crippen molar-refractivity contribution in [2.24, 2.45) is 0 Å². The first-order chi connectivity index (χ1) is 11.9. The van der Waals surface area contributed by atoms with Crippen molar-refractivity contribution in [3.05, 3.63) is 54.1 Å². The molecule has 6 heteroatoms. The summed E-state index contributed by atoms with van der Waals surface area (Å²) in [5.41, 5.74) is 1.46. The molecule has 0 radical (unpaired) electrons. The van der Waals surface area contributed by atoms with Crippen LogP contribution < -0.4 is 0 Å². The summed E-state index contributed by atoms with van der Waals surface area (Å²) in [6, 6.07) is 13.2. The molecule has 2 aromatic carbocycles. The first-order valence-electron chi connectivity index (χ1n) is 8.36. The average Bonchev–Trinajstić information content (AvgIpc) is 2.62. The molecule has 1 heterocycles. The van der Waals surface area contributed by atoms with Gasteiger partial charge in [-0.25, -0.2) is 13.2 Å². The summed E-state index contributed by atoms with van der Waals surface area (Å²) in [6.45, 7) is 2.49. The van der Waals surface area contributed by atoms with Gasteiger partial charge in [0, 0.05) is 12.6 Å². The highest BCUT2D eigenvalue weighted by Crippen LogP contribution is 2.28. The monoisotopic (exact) mass is 359 g/mol.